The summed E-state index contributed by atoms with van der Waals surface area (Å²) in [6.07, 6.45) is 22.8. The molecule has 84 heavy (non-hydrogen) atoms. The number of fused-ring (bicyclic) bond motifs is 7. The van der Waals surface area contributed by atoms with E-state index in [0.29, 0.717) is 78.5 Å². The normalized spacial score (nSPS) is 51.4. The van der Waals surface area contributed by atoms with Crippen LogP contribution in [0.25, 0.3) is 0 Å². The van der Waals surface area contributed by atoms with Gasteiger partial charge in [0.2, 0.25) is 0 Å². The molecule has 0 bridgehead atoms. The molecule has 10 N–H and O–H groups in total. The first-order chi connectivity index (χ1) is 39.8. The van der Waals surface area contributed by atoms with Crippen LogP contribution in [-0.4, -0.2) is 95.8 Å². The highest BCUT2D eigenvalue weighted by Gasteiger charge is 2.70. The van der Waals surface area contributed by atoms with Crippen LogP contribution in [0.3, 0.4) is 0 Å². The Labute approximate surface area is 501 Å². The Morgan fingerprint density at radius 2 is 0.774 bits per heavy atom. The largest absolute Gasteiger partial charge is 0.466 e. The molecule has 3 heterocycles. The van der Waals surface area contributed by atoms with Crippen molar-refractivity contribution >= 4 is 0 Å². The summed E-state index contributed by atoms with van der Waals surface area (Å²) in [4.78, 5) is 0. The third-order valence-electron chi connectivity index (χ3n) is 29.0. The van der Waals surface area contributed by atoms with Crippen molar-refractivity contribution in [1.29, 1.82) is 0 Å². The maximum atomic E-state index is 11.7. The molecule has 3 aromatic rings. The van der Waals surface area contributed by atoms with Crippen LogP contribution in [0, 0.1) is 115 Å². The molecule has 13 rings (SSSR count). The molecule has 0 aromatic carbocycles. The van der Waals surface area contributed by atoms with Crippen LogP contribution in [0.1, 0.15) is 208 Å². The SMILES string of the molecule is C[C@H]1CC[C@@]2(C)[C@H](C1)[C@@H](O)[C@H](O)C1[C@@H]2CC[C@@]2(C)[C@H]1CC[C@@]2(O)c1ccco1.C[C@H]1CC[C@](C)([C@H]2CC[C@@]3(C)[C@@H](CC[C@@]3(O)c3ccco3)[C@@H]2CO)[C@@H](CO)C1.C[C@]1([C@H]2CC[C@@]3(C)[C@@H](CC[C@@]3(O)c3ccco3)[C@@H]2CO)CC[C@H](O)C[C@@H]1CO. The summed E-state index contributed by atoms with van der Waals surface area (Å²) >= 11 is 0. The maximum Gasteiger partial charge on any atom is 0.135 e. The highest BCUT2D eigenvalue weighted by molar-refractivity contribution is 5.26. The summed E-state index contributed by atoms with van der Waals surface area (Å²) in [6, 6.07) is 11.2. The quantitative estimate of drug-likeness (QED) is 0.0960. The highest BCUT2D eigenvalue weighted by atomic mass is 16.4. The van der Waals surface area contributed by atoms with Crippen molar-refractivity contribution in [2.45, 2.75) is 225 Å². The van der Waals surface area contributed by atoms with Gasteiger partial charge in [0.25, 0.3) is 0 Å². The van der Waals surface area contributed by atoms with E-state index < -0.39 is 29.0 Å². The topological polar surface area (TPSA) is 242 Å². The Morgan fingerprint density at radius 3 is 1.20 bits per heavy atom. The average molecular weight is 1170 g/mol. The summed E-state index contributed by atoms with van der Waals surface area (Å²) in [5.41, 5.74) is -3.75. The Kier molecular flexibility index (Phi) is 17.3. The molecular weight excluding hydrogens is 1060 g/mol. The van der Waals surface area contributed by atoms with Gasteiger partial charge in [-0.15, -0.1) is 0 Å². The second-order valence-corrected chi connectivity index (χ2v) is 32.0. The molecule has 13 heteroatoms. The molecule has 10 aliphatic carbocycles. The van der Waals surface area contributed by atoms with Gasteiger partial charge < -0.3 is 64.3 Å². The van der Waals surface area contributed by atoms with Gasteiger partial charge in [-0.3, -0.25) is 0 Å². The van der Waals surface area contributed by atoms with Crippen LogP contribution >= 0.6 is 0 Å². The van der Waals surface area contributed by atoms with Crippen molar-refractivity contribution in [2.24, 2.45) is 115 Å². The van der Waals surface area contributed by atoms with E-state index in [2.05, 4.69) is 55.4 Å². The zero-order valence-electron chi connectivity index (χ0n) is 52.4. The van der Waals surface area contributed by atoms with Gasteiger partial charge in [0.05, 0.1) is 37.1 Å². The zero-order valence-corrected chi connectivity index (χ0v) is 52.4. The first kappa shape index (κ1) is 63.0. The Balaban J connectivity index is 0.000000131. The number of rotatable bonds is 9. The monoisotopic (exact) mass is 1170 g/mol. The van der Waals surface area contributed by atoms with E-state index in [1.165, 1.54) is 12.8 Å². The molecule has 13 nitrogen and oxygen atoms in total. The van der Waals surface area contributed by atoms with E-state index in [1.54, 1.807) is 18.8 Å². The fourth-order valence-electron chi connectivity index (χ4n) is 23.6. The van der Waals surface area contributed by atoms with E-state index in [9.17, 15) is 51.1 Å². The van der Waals surface area contributed by atoms with Crippen LogP contribution in [0.15, 0.2) is 68.4 Å². The van der Waals surface area contributed by atoms with Gasteiger partial charge in [-0.05, 0) is 257 Å². The molecule has 472 valence electrons. The third kappa shape index (κ3) is 9.45. The number of aliphatic hydroxyl groups is 10. The molecule has 0 amide bonds. The van der Waals surface area contributed by atoms with Crippen LogP contribution in [-0.2, 0) is 16.8 Å². The first-order valence-corrected chi connectivity index (χ1v) is 33.6. The molecule has 0 spiro atoms. The summed E-state index contributed by atoms with van der Waals surface area (Å²) in [5.74, 6) is 6.02. The second kappa shape index (κ2) is 23.0. The molecule has 0 radical (unpaired) electrons. The van der Waals surface area contributed by atoms with Gasteiger partial charge >= 0.3 is 0 Å². The van der Waals surface area contributed by atoms with Gasteiger partial charge in [0, 0.05) is 42.7 Å². The molecule has 10 aliphatic rings. The number of furan rings is 3. The van der Waals surface area contributed by atoms with Crippen LogP contribution in [0.5, 0.6) is 0 Å². The lowest BCUT2D eigenvalue weighted by Crippen LogP contribution is -2.64. The molecule has 0 aliphatic heterocycles. The molecule has 1 unspecified atom stereocenters. The van der Waals surface area contributed by atoms with E-state index in [1.807, 2.05) is 36.4 Å². The van der Waals surface area contributed by atoms with Crippen molar-refractivity contribution < 1.29 is 64.3 Å². The smallest absolute Gasteiger partial charge is 0.135 e. The fourth-order valence-corrected chi connectivity index (χ4v) is 23.6. The summed E-state index contributed by atoms with van der Waals surface area (Å²) in [5, 5.41) is 109. The minimum atomic E-state index is -0.987. The molecule has 10 fully saturated rings. The van der Waals surface area contributed by atoms with Crippen molar-refractivity contribution in [1.82, 2.24) is 0 Å². The number of hydrogen-bond donors (Lipinski definition) is 10. The minimum absolute atomic E-state index is 0.0602. The van der Waals surface area contributed by atoms with E-state index in [-0.39, 0.29) is 112 Å². The zero-order chi connectivity index (χ0) is 60.2. The third-order valence-corrected chi connectivity index (χ3v) is 29.0. The van der Waals surface area contributed by atoms with Gasteiger partial charge in [-0.1, -0.05) is 68.2 Å². The second-order valence-electron chi connectivity index (χ2n) is 32.0. The standard InChI is InChI=1S/C24H36O4.C24H38O4.C23H36O5/c1-14-6-9-22(2)15-7-10-23(3)16(19(15)21(26)20(25)17(22)13-14)8-11-24(23,27)18-5-4-12-28-18;1-16-6-9-22(2,17(13-16)14-25)19-7-10-23(3)20(18(19)15-26)8-11-24(23,27)21-5-4-12-28-21;1-21(8-5-16(26)12-15(21)13-24)18-6-9-22(2)19(17(18)14-25)7-10-23(22,27)20-4-3-11-28-20/h4-5,12,14-17,19-21,25-27H,6-11,13H2,1-3H3;4-5,12,16-20,25-27H,6-11,13-15H2,1-3H3;3-4,11,15-19,24-27H,5-10,12-14H2,1-2H3/t14-,15-,16-,17+,19?,20+,21+,22+,23-,24+;16-,17+,18+,19-,20-,22-,23-,24+;15-,16+,17-,18+,19+,21+,22+,23-/m001/s1. The molecule has 3 aromatic heterocycles. The van der Waals surface area contributed by atoms with E-state index >= 15 is 0 Å². The van der Waals surface area contributed by atoms with Crippen LogP contribution < -0.4 is 0 Å². The summed E-state index contributed by atoms with van der Waals surface area (Å²) in [6.45, 7) is 18.8. The lowest BCUT2D eigenvalue weighted by atomic mass is 9.42. The predicted octanol–water partition coefficient (Wildman–Crippen LogP) is 11.5. The molecule has 10 saturated carbocycles. The maximum absolute atomic E-state index is 11.7. The average Bonchev–Trinajstić information content (AvgIpc) is 1.50. The molecular formula is C71H110O13. The lowest BCUT2D eigenvalue weighted by molar-refractivity contribution is -0.231. The van der Waals surface area contributed by atoms with Crippen molar-refractivity contribution in [3.8, 4) is 0 Å². The lowest BCUT2D eigenvalue weighted by Gasteiger charge is -2.64. The van der Waals surface area contributed by atoms with Crippen molar-refractivity contribution in [3.05, 3.63) is 72.5 Å². The summed E-state index contributed by atoms with van der Waals surface area (Å²) < 4.78 is 17.0. The predicted molar refractivity (Wildman–Crippen MR) is 320 cm³/mol. The van der Waals surface area contributed by atoms with Crippen molar-refractivity contribution in [2.75, 3.05) is 26.4 Å². The Bertz CT molecular complexity index is 2510. The molecule has 26 atom stereocenters. The van der Waals surface area contributed by atoms with Crippen LogP contribution in [0.4, 0.5) is 0 Å². The van der Waals surface area contributed by atoms with Crippen LogP contribution in [0.2, 0.25) is 0 Å². The summed E-state index contributed by atoms with van der Waals surface area (Å²) in [7, 11) is 0. The van der Waals surface area contributed by atoms with Gasteiger partial charge in [0.1, 0.15) is 34.1 Å². The Hall–Kier alpha value is -2.56. The minimum Gasteiger partial charge on any atom is -0.466 e. The Morgan fingerprint density at radius 1 is 0.393 bits per heavy atom. The van der Waals surface area contributed by atoms with Crippen molar-refractivity contribution in [3.63, 3.8) is 0 Å². The first-order valence-electron chi connectivity index (χ1n) is 33.6. The van der Waals surface area contributed by atoms with E-state index in [4.69, 9.17) is 13.3 Å². The van der Waals surface area contributed by atoms with Gasteiger partial charge in [-0.25, -0.2) is 0 Å². The van der Waals surface area contributed by atoms with Gasteiger partial charge in [0.15, 0.2) is 0 Å². The number of aliphatic hydroxyl groups excluding tert-OH is 7. The molecule has 0 saturated heterocycles. The highest BCUT2D eigenvalue weighted by Crippen LogP contribution is 2.72. The van der Waals surface area contributed by atoms with E-state index in [0.717, 1.165) is 96.3 Å². The fraction of sp³-hybridized carbons (Fsp3) is 0.831. The number of hydrogen-bond acceptors (Lipinski definition) is 13. The van der Waals surface area contributed by atoms with Gasteiger partial charge in [-0.2, -0.15) is 0 Å².